The molecule has 3 N–H and O–H groups in total. The predicted octanol–water partition coefficient (Wildman–Crippen LogP) is 3.54. The van der Waals surface area contributed by atoms with Crippen molar-refractivity contribution in [3.63, 3.8) is 0 Å². The van der Waals surface area contributed by atoms with Gasteiger partial charge in [-0.2, -0.15) is 0 Å². The SMILES string of the molecule is CNC(=O)C(=O)Nn1c(C(=O)Nc2ccc(Br)c(C)c2)cc2cc(Br)ccc21. The van der Waals surface area contributed by atoms with Crippen molar-refractivity contribution in [2.75, 3.05) is 17.8 Å². The predicted molar refractivity (Wildman–Crippen MR) is 115 cm³/mol. The summed E-state index contributed by atoms with van der Waals surface area (Å²) in [6.45, 7) is 1.91. The molecule has 0 saturated heterocycles. The Labute approximate surface area is 177 Å². The second-order valence-electron chi connectivity index (χ2n) is 6.01. The number of carbonyl (C=O) groups is 3. The lowest BCUT2D eigenvalue weighted by Gasteiger charge is -2.12. The van der Waals surface area contributed by atoms with E-state index in [0.29, 0.717) is 11.2 Å². The van der Waals surface area contributed by atoms with E-state index in [4.69, 9.17) is 0 Å². The van der Waals surface area contributed by atoms with Crippen LogP contribution in [0.1, 0.15) is 16.1 Å². The third-order valence-electron chi connectivity index (χ3n) is 4.06. The molecule has 0 atom stereocenters. The van der Waals surface area contributed by atoms with E-state index in [1.807, 2.05) is 25.1 Å². The first kappa shape index (κ1) is 20.1. The summed E-state index contributed by atoms with van der Waals surface area (Å²) >= 11 is 6.81. The Hall–Kier alpha value is -2.65. The van der Waals surface area contributed by atoms with Crippen molar-refractivity contribution in [2.45, 2.75) is 6.92 Å². The maximum absolute atomic E-state index is 12.9. The average molecular weight is 508 g/mol. The summed E-state index contributed by atoms with van der Waals surface area (Å²) in [6, 6.07) is 12.4. The highest BCUT2D eigenvalue weighted by Crippen LogP contribution is 2.25. The van der Waals surface area contributed by atoms with E-state index >= 15 is 0 Å². The lowest BCUT2D eigenvalue weighted by molar-refractivity contribution is -0.136. The fourth-order valence-corrected chi connectivity index (χ4v) is 3.28. The molecule has 0 fully saturated rings. The normalized spacial score (nSPS) is 10.6. The van der Waals surface area contributed by atoms with Crippen molar-refractivity contribution in [1.29, 1.82) is 0 Å². The Bertz CT molecular complexity index is 1110. The average Bonchev–Trinajstić information content (AvgIpc) is 3.01. The number of hydrogen-bond donors (Lipinski definition) is 3. The maximum Gasteiger partial charge on any atom is 0.328 e. The van der Waals surface area contributed by atoms with E-state index in [0.717, 1.165) is 19.9 Å². The van der Waals surface area contributed by atoms with Crippen molar-refractivity contribution in [2.24, 2.45) is 0 Å². The van der Waals surface area contributed by atoms with Crippen LogP contribution in [0, 0.1) is 6.92 Å². The van der Waals surface area contributed by atoms with Gasteiger partial charge in [-0.25, -0.2) is 4.68 Å². The number of nitrogens with zero attached hydrogens (tertiary/aromatic N) is 1. The van der Waals surface area contributed by atoms with E-state index in [-0.39, 0.29) is 5.69 Å². The van der Waals surface area contributed by atoms with Gasteiger partial charge in [-0.05, 0) is 55.0 Å². The molecule has 0 saturated carbocycles. The van der Waals surface area contributed by atoms with Gasteiger partial charge in [0, 0.05) is 27.1 Å². The summed E-state index contributed by atoms with van der Waals surface area (Å²) < 4.78 is 3.06. The molecule has 0 aliphatic carbocycles. The number of aromatic nitrogens is 1. The van der Waals surface area contributed by atoms with Crippen molar-refractivity contribution in [3.8, 4) is 0 Å². The Kier molecular flexibility index (Phi) is 5.85. The first-order valence-corrected chi connectivity index (χ1v) is 9.80. The molecule has 144 valence electrons. The number of aryl methyl sites for hydroxylation is 1. The minimum absolute atomic E-state index is 0.186. The van der Waals surface area contributed by atoms with Crippen molar-refractivity contribution in [1.82, 2.24) is 9.99 Å². The summed E-state index contributed by atoms with van der Waals surface area (Å²) in [4.78, 5) is 36.6. The molecule has 0 spiro atoms. The zero-order valence-electron chi connectivity index (χ0n) is 15.0. The lowest BCUT2D eigenvalue weighted by Crippen LogP contribution is -2.38. The van der Waals surface area contributed by atoms with Crippen LogP contribution in [0.4, 0.5) is 5.69 Å². The van der Waals surface area contributed by atoms with Gasteiger partial charge in [0.05, 0.1) is 5.52 Å². The molecule has 0 unspecified atom stereocenters. The maximum atomic E-state index is 12.9. The summed E-state index contributed by atoms with van der Waals surface area (Å²) in [5.41, 5.74) is 4.82. The van der Waals surface area contributed by atoms with Crippen LogP contribution < -0.4 is 16.1 Å². The monoisotopic (exact) mass is 506 g/mol. The van der Waals surface area contributed by atoms with Crippen LogP contribution in [0.3, 0.4) is 0 Å². The van der Waals surface area contributed by atoms with Crippen LogP contribution in [-0.2, 0) is 9.59 Å². The van der Waals surface area contributed by atoms with Gasteiger partial charge in [0.25, 0.3) is 5.91 Å². The van der Waals surface area contributed by atoms with E-state index < -0.39 is 17.7 Å². The second-order valence-corrected chi connectivity index (χ2v) is 7.78. The van der Waals surface area contributed by atoms with Crippen LogP contribution in [0.5, 0.6) is 0 Å². The standard InChI is InChI=1S/C19H16Br2N4O3/c1-10-7-13(4-5-14(10)21)23-17(26)16-9-11-8-12(20)3-6-15(11)25(16)24-19(28)18(27)22-2/h3-9H,1-2H3,(H,22,27)(H,23,26)(H,24,28). The number of anilines is 1. The highest BCUT2D eigenvalue weighted by Gasteiger charge is 2.20. The van der Waals surface area contributed by atoms with Gasteiger partial charge in [0.2, 0.25) is 0 Å². The molecule has 3 amide bonds. The molecule has 0 radical (unpaired) electrons. The molecule has 2 aromatic carbocycles. The minimum Gasteiger partial charge on any atom is -0.351 e. The van der Waals surface area contributed by atoms with Gasteiger partial charge in [-0.3, -0.25) is 19.8 Å². The molecular formula is C19H16Br2N4O3. The number of hydrogen-bond acceptors (Lipinski definition) is 3. The van der Waals surface area contributed by atoms with Crippen molar-refractivity contribution >= 4 is 66.2 Å². The molecule has 0 aliphatic rings. The fraction of sp³-hybridized carbons (Fsp3) is 0.105. The number of benzene rings is 2. The van der Waals surface area contributed by atoms with Crippen molar-refractivity contribution in [3.05, 3.63) is 62.7 Å². The summed E-state index contributed by atoms with van der Waals surface area (Å²) in [5, 5.41) is 5.80. The van der Waals surface area contributed by atoms with E-state index in [2.05, 4.69) is 47.9 Å². The van der Waals surface area contributed by atoms with Crippen LogP contribution in [0.25, 0.3) is 10.9 Å². The summed E-state index contributed by atoms with van der Waals surface area (Å²) in [7, 11) is 1.36. The largest absolute Gasteiger partial charge is 0.351 e. The number of rotatable bonds is 3. The molecule has 7 nitrogen and oxygen atoms in total. The Balaban J connectivity index is 2.01. The van der Waals surface area contributed by atoms with Crippen LogP contribution in [0.15, 0.2) is 51.4 Å². The molecule has 0 bridgehead atoms. The Morgan fingerprint density at radius 1 is 0.964 bits per heavy atom. The minimum atomic E-state index is -0.878. The molecule has 28 heavy (non-hydrogen) atoms. The quantitative estimate of drug-likeness (QED) is 0.473. The zero-order chi connectivity index (χ0) is 20.4. The Morgan fingerprint density at radius 2 is 1.71 bits per heavy atom. The van der Waals surface area contributed by atoms with Crippen molar-refractivity contribution < 1.29 is 14.4 Å². The van der Waals surface area contributed by atoms with Gasteiger partial charge in [0.1, 0.15) is 5.69 Å². The van der Waals surface area contributed by atoms with E-state index in [1.54, 1.807) is 24.3 Å². The van der Waals surface area contributed by atoms with Crippen LogP contribution in [-0.4, -0.2) is 29.4 Å². The molecule has 3 rings (SSSR count). The summed E-state index contributed by atoms with van der Waals surface area (Å²) in [6.07, 6.45) is 0. The third kappa shape index (κ3) is 4.10. The van der Waals surface area contributed by atoms with Crippen LogP contribution in [0.2, 0.25) is 0 Å². The Morgan fingerprint density at radius 3 is 2.39 bits per heavy atom. The van der Waals surface area contributed by atoms with Gasteiger partial charge in [-0.1, -0.05) is 31.9 Å². The van der Waals surface area contributed by atoms with Gasteiger partial charge in [0.15, 0.2) is 0 Å². The highest BCUT2D eigenvalue weighted by atomic mass is 79.9. The molecular weight excluding hydrogens is 492 g/mol. The molecule has 9 heteroatoms. The number of amides is 3. The third-order valence-corrected chi connectivity index (χ3v) is 5.44. The van der Waals surface area contributed by atoms with Gasteiger partial charge in [-0.15, -0.1) is 0 Å². The van der Waals surface area contributed by atoms with E-state index in [1.165, 1.54) is 11.7 Å². The number of nitrogens with one attached hydrogen (secondary N) is 3. The second kappa shape index (κ2) is 8.15. The highest BCUT2D eigenvalue weighted by molar-refractivity contribution is 9.10. The van der Waals surface area contributed by atoms with Gasteiger partial charge >= 0.3 is 11.8 Å². The van der Waals surface area contributed by atoms with Crippen LogP contribution >= 0.6 is 31.9 Å². The molecule has 3 aromatic rings. The fourth-order valence-electron chi connectivity index (χ4n) is 2.66. The number of likely N-dealkylation sites (N-methyl/N-ethyl adjacent to an activating group) is 1. The zero-order valence-corrected chi connectivity index (χ0v) is 18.1. The lowest BCUT2D eigenvalue weighted by atomic mass is 10.2. The number of fused-ring (bicyclic) bond motifs is 1. The topological polar surface area (TPSA) is 92.2 Å². The molecule has 1 heterocycles. The molecule has 1 aromatic heterocycles. The smallest absolute Gasteiger partial charge is 0.328 e. The first-order valence-electron chi connectivity index (χ1n) is 8.21. The van der Waals surface area contributed by atoms with E-state index in [9.17, 15) is 14.4 Å². The summed E-state index contributed by atoms with van der Waals surface area (Å²) in [5.74, 6) is -2.11. The number of halogens is 2. The first-order chi connectivity index (χ1) is 13.3. The van der Waals surface area contributed by atoms with Gasteiger partial charge < -0.3 is 10.6 Å². The molecule has 0 aliphatic heterocycles. The number of carbonyl (C=O) groups excluding carboxylic acids is 3.